The molecule has 4 aromatic rings. The van der Waals surface area contributed by atoms with Crippen molar-refractivity contribution in [3.05, 3.63) is 109 Å². The van der Waals surface area contributed by atoms with Crippen molar-refractivity contribution in [2.45, 2.75) is 35.5 Å². The van der Waals surface area contributed by atoms with Gasteiger partial charge in [0, 0.05) is 36.6 Å². The first kappa shape index (κ1) is 33.8. The van der Waals surface area contributed by atoms with Gasteiger partial charge in [0.2, 0.25) is 0 Å². The van der Waals surface area contributed by atoms with Gasteiger partial charge in [-0.05, 0) is 61.4 Å². The molecule has 0 saturated carbocycles. The highest BCUT2D eigenvalue weighted by atomic mass is 32.2. The fraction of sp³-hybridized carbons (Fsp3) is 0.188. The Morgan fingerprint density at radius 3 is 1.28 bits per heavy atom. The third kappa shape index (κ3) is 10.8. The van der Waals surface area contributed by atoms with Crippen molar-refractivity contribution in [1.82, 2.24) is 10.6 Å². The molecule has 14 heteroatoms. The number of hydrogen-bond acceptors (Lipinski definition) is 8. The second kappa shape index (κ2) is 16.3. The zero-order valence-electron chi connectivity index (χ0n) is 24.7. The van der Waals surface area contributed by atoms with Gasteiger partial charge in [-0.3, -0.25) is 0 Å². The molecule has 0 spiro atoms. The summed E-state index contributed by atoms with van der Waals surface area (Å²) in [6.45, 7) is 0.855. The zero-order valence-corrected chi connectivity index (χ0v) is 26.4. The maximum absolute atomic E-state index is 12.4. The predicted octanol–water partition coefficient (Wildman–Crippen LogP) is 5.73. The number of amides is 4. The molecule has 0 bridgehead atoms. The third-order valence-corrected chi connectivity index (χ3v) is 8.86. The van der Waals surface area contributed by atoms with Gasteiger partial charge in [0.1, 0.15) is 21.3 Å². The van der Waals surface area contributed by atoms with E-state index in [0.717, 1.165) is 25.7 Å². The number of carbonyl (C=O) groups excluding carboxylic acids is 2. The molecule has 0 atom stereocenters. The first-order valence-corrected chi connectivity index (χ1v) is 17.2. The average molecular weight is 667 g/mol. The normalized spacial score (nSPS) is 11.2. The highest BCUT2D eigenvalue weighted by molar-refractivity contribution is 7.87. The minimum Gasteiger partial charge on any atom is -0.379 e. The molecule has 0 saturated heterocycles. The van der Waals surface area contributed by atoms with Gasteiger partial charge in [0.15, 0.2) is 0 Å². The predicted molar refractivity (Wildman–Crippen MR) is 174 cm³/mol. The van der Waals surface area contributed by atoms with Crippen LogP contribution < -0.4 is 29.6 Å². The fourth-order valence-electron chi connectivity index (χ4n) is 4.13. The Kier molecular flexibility index (Phi) is 12.0. The van der Waals surface area contributed by atoms with Crippen molar-refractivity contribution in [3.8, 4) is 11.5 Å². The molecular formula is C32H34N4O8S2. The maximum Gasteiger partial charge on any atom is 0.339 e. The summed E-state index contributed by atoms with van der Waals surface area (Å²) in [5.41, 5.74) is 0.748. The lowest BCUT2D eigenvalue weighted by atomic mass is 10.2. The summed E-state index contributed by atoms with van der Waals surface area (Å²) in [6.07, 6.45) is 3.08. The van der Waals surface area contributed by atoms with E-state index in [1.165, 1.54) is 48.5 Å². The number of benzene rings is 4. The summed E-state index contributed by atoms with van der Waals surface area (Å²) >= 11 is 0. The van der Waals surface area contributed by atoms with Gasteiger partial charge in [0.25, 0.3) is 0 Å². The van der Waals surface area contributed by atoms with Crippen LogP contribution in [-0.2, 0) is 20.2 Å². The van der Waals surface area contributed by atoms with E-state index in [4.69, 9.17) is 8.37 Å². The molecule has 0 radical (unpaired) electrons. The molecular weight excluding hydrogens is 633 g/mol. The van der Waals surface area contributed by atoms with E-state index in [-0.39, 0.29) is 21.3 Å². The number of unbranched alkanes of at least 4 members (excludes halogenated alkanes) is 3. The lowest BCUT2D eigenvalue weighted by molar-refractivity contribution is 0.250. The number of carbonyl (C=O) groups is 2. The second-order valence-corrected chi connectivity index (χ2v) is 13.0. The number of urea groups is 2. The van der Waals surface area contributed by atoms with Gasteiger partial charge in [-0.15, -0.1) is 0 Å². The summed E-state index contributed by atoms with van der Waals surface area (Å²) < 4.78 is 60.1. The Morgan fingerprint density at radius 1 is 0.500 bits per heavy atom. The Balaban J connectivity index is 1.08. The van der Waals surface area contributed by atoms with E-state index < -0.39 is 32.3 Å². The quantitative estimate of drug-likeness (QED) is 0.0922. The first-order valence-electron chi connectivity index (χ1n) is 14.4. The number of nitrogens with one attached hydrogen (secondary N) is 4. The smallest absolute Gasteiger partial charge is 0.339 e. The lowest BCUT2D eigenvalue weighted by Gasteiger charge is -2.11. The molecule has 0 aromatic heterocycles. The molecule has 12 nitrogen and oxygen atoms in total. The van der Waals surface area contributed by atoms with E-state index >= 15 is 0 Å². The van der Waals surface area contributed by atoms with Crippen molar-refractivity contribution in [3.63, 3.8) is 0 Å². The van der Waals surface area contributed by atoms with Crippen LogP contribution in [0.3, 0.4) is 0 Å². The Morgan fingerprint density at radius 2 is 0.891 bits per heavy atom. The zero-order chi connectivity index (χ0) is 32.8. The van der Waals surface area contributed by atoms with E-state index in [2.05, 4.69) is 21.3 Å². The van der Waals surface area contributed by atoms with Crippen LogP contribution in [-0.4, -0.2) is 42.0 Å². The van der Waals surface area contributed by atoms with Crippen molar-refractivity contribution in [1.29, 1.82) is 0 Å². The van der Waals surface area contributed by atoms with E-state index in [1.807, 2.05) is 0 Å². The van der Waals surface area contributed by atoms with Crippen LogP contribution in [0.25, 0.3) is 0 Å². The summed E-state index contributed by atoms with van der Waals surface area (Å²) in [6, 6.07) is 26.8. The first-order chi connectivity index (χ1) is 22.1. The standard InChI is InChI=1S/C32H34N4O8S2/c37-31(35-25-13-11-15-27(23-25)43-45(39,40)29-17-5-3-6-18-29)33-21-9-1-2-10-22-34-32(38)36-26-14-12-16-28(24-26)44-46(41,42)30-19-7-4-8-20-30/h3-8,11-20,23-24H,1-2,9-10,21-22H2,(H2,33,35,37)(H2,34,36,38). The largest absolute Gasteiger partial charge is 0.379 e. The Hall–Kier alpha value is -5.08. The fourth-order valence-corrected chi connectivity index (χ4v) is 6.02. The van der Waals surface area contributed by atoms with Crippen LogP contribution >= 0.6 is 0 Å². The molecule has 4 amide bonds. The molecule has 4 aromatic carbocycles. The summed E-state index contributed by atoms with van der Waals surface area (Å²) in [7, 11) is -8.00. The lowest BCUT2D eigenvalue weighted by Crippen LogP contribution is -2.30. The van der Waals surface area contributed by atoms with Crippen LogP contribution in [0.4, 0.5) is 21.0 Å². The minimum atomic E-state index is -4.00. The van der Waals surface area contributed by atoms with Crippen molar-refractivity contribution in [2.24, 2.45) is 0 Å². The monoisotopic (exact) mass is 666 g/mol. The van der Waals surface area contributed by atoms with E-state index in [9.17, 15) is 26.4 Å². The van der Waals surface area contributed by atoms with Gasteiger partial charge in [0.05, 0.1) is 0 Å². The molecule has 0 aliphatic rings. The Labute approximate surface area is 268 Å². The van der Waals surface area contributed by atoms with Crippen LogP contribution in [0.1, 0.15) is 25.7 Å². The van der Waals surface area contributed by atoms with E-state index in [0.29, 0.717) is 24.5 Å². The molecule has 0 unspecified atom stereocenters. The molecule has 0 aliphatic heterocycles. The molecule has 242 valence electrons. The van der Waals surface area contributed by atoms with Crippen molar-refractivity contribution in [2.75, 3.05) is 23.7 Å². The van der Waals surface area contributed by atoms with Gasteiger partial charge >= 0.3 is 32.3 Å². The molecule has 4 N–H and O–H groups in total. The molecule has 0 heterocycles. The second-order valence-electron chi connectivity index (χ2n) is 9.93. The minimum absolute atomic E-state index is 0.0258. The Bertz CT molecular complexity index is 1690. The van der Waals surface area contributed by atoms with Crippen molar-refractivity contribution >= 4 is 43.7 Å². The average Bonchev–Trinajstić information content (AvgIpc) is 3.03. The number of hydrogen-bond donors (Lipinski definition) is 4. The molecule has 46 heavy (non-hydrogen) atoms. The van der Waals surface area contributed by atoms with Gasteiger partial charge in [-0.25, -0.2) is 9.59 Å². The van der Waals surface area contributed by atoms with Gasteiger partial charge < -0.3 is 29.6 Å². The van der Waals surface area contributed by atoms with Crippen LogP contribution in [0, 0.1) is 0 Å². The third-order valence-electron chi connectivity index (χ3n) is 6.33. The number of anilines is 2. The maximum atomic E-state index is 12.4. The molecule has 0 fully saturated rings. The van der Waals surface area contributed by atoms with Crippen LogP contribution in [0.15, 0.2) is 119 Å². The number of rotatable bonds is 15. The van der Waals surface area contributed by atoms with Gasteiger partial charge in [-0.1, -0.05) is 61.4 Å². The molecule has 0 aliphatic carbocycles. The summed E-state index contributed by atoms with van der Waals surface area (Å²) in [4.78, 5) is 24.6. The molecule has 4 rings (SSSR count). The SMILES string of the molecule is O=C(NCCCCCCNC(=O)Nc1cccc(OS(=O)(=O)c2ccccc2)c1)Nc1cccc(OS(=O)(=O)c2ccccc2)c1. The summed E-state index contributed by atoms with van der Waals surface area (Å²) in [5, 5.41) is 10.8. The van der Waals surface area contributed by atoms with Crippen LogP contribution in [0.2, 0.25) is 0 Å². The van der Waals surface area contributed by atoms with Crippen molar-refractivity contribution < 1.29 is 34.8 Å². The topological polar surface area (TPSA) is 169 Å². The highest BCUT2D eigenvalue weighted by Gasteiger charge is 2.17. The van der Waals surface area contributed by atoms with Gasteiger partial charge in [-0.2, -0.15) is 16.8 Å². The van der Waals surface area contributed by atoms with Crippen LogP contribution in [0.5, 0.6) is 11.5 Å². The highest BCUT2D eigenvalue weighted by Crippen LogP contribution is 2.23. The van der Waals surface area contributed by atoms with E-state index in [1.54, 1.807) is 60.7 Å². The summed E-state index contributed by atoms with van der Waals surface area (Å²) in [5.74, 6) is 0.140.